The summed E-state index contributed by atoms with van der Waals surface area (Å²) in [5.74, 6) is -1.15. The van der Waals surface area contributed by atoms with Gasteiger partial charge in [0.25, 0.3) is 5.91 Å². The van der Waals surface area contributed by atoms with E-state index in [4.69, 9.17) is 0 Å². The number of hydrazine groups is 1. The Morgan fingerprint density at radius 2 is 1.59 bits per heavy atom. The summed E-state index contributed by atoms with van der Waals surface area (Å²) in [4.78, 5) is 50.2. The van der Waals surface area contributed by atoms with Crippen LogP contribution in [0.4, 0.5) is 10.5 Å². The van der Waals surface area contributed by atoms with Gasteiger partial charge in [-0.15, -0.1) is 0 Å². The van der Waals surface area contributed by atoms with E-state index in [9.17, 15) is 19.2 Å². The summed E-state index contributed by atoms with van der Waals surface area (Å²) in [5, 5.41) is 8.02. The van der Waals surface area contributed by atoms with Crippen molar-refractivity contribution in [2.45, 2.75) is 33.1 Å². The lowest BCUT2D eigenvalue weighted by atomic mass is 10.0. The minimum atomic E-state index is -0.423. The van der Waals surface area contributed by atoms with Gasteiger partial charge in [0.2, 0.25) is 11.8 Å². The Balaban J connectivity index is 1.69. The molecule has 0 radical (unpaired) electrons. The highest BCUT2D eigenvalue weighted by Crippen LogP contribution is 2.24. The van der Waals surface area contributed by atoms with E-state index in [-0.39, 0.29) is 31.6 Å². The Bertz CT molecular complexity index is 787. The van der Waals surface area contributed by atoms with Gasteiger partial charge in [-0.3, -0.25) is 24.6 Å². The van der Waals surface area contributed by atoms with Crippen LogP contribution in [0.1, 0.15) is 31.4 Å². The van der Waals surface area contributed by atoms with Crippen LogP contribution in [-0.2, 0) is 27.2 Å². The fraction of sp³-hybridized carbons (Fsp3) is 0.500. The van der Waals surface area contributed by atoms with Crippen LogP contribution >= 0.6 is 0 Å². The number of benzene rings is 1. The molecule has 29 heavy (non-hydrogen) atoms. The molecular formula is C20H27N5O4. The van der Waals surface area contributed by atoms with Gasteiger partial charge in [0.15, 0.2) is 0 Å². The highest BCUT2D eigenvalue weighted by molar-refractivity contribution is 6.00. The Kier molecular flexibility index (Phi) is 6.48. The third kappa shape index (κ3) is 4.73. The van der Waals surface area contributed by atoms with E-state index in [2.05, 4.69) is 10.6 Å². The van der Waals surface area contributed by atoms with Crippen LogP contribution in [-0.4, -0.2) is 71.4 Å². The van der Waals surface area contributed by atoms with Crippen molar-refractivity contribution in [3.8, 4) is 0 Å². The summed E-state index contributed by atoms with van der Waals surface area (Å²) in [7, 11) is 0. The second-order valence-corrected chi connectivity index (χ2v) is 7.20. The minimum Gasteiger partial charge on any atom is -0.306 e. The number of amides is 5. The molecule has 5 amide bonds. The highest BCUT2D eigenvalue weighted by atomic mass is 16.2. The van der Waals surface area contributed by atoms with Gasteiger partial charge in [-0.05, 0) is 30.4 Å². The summed E-state index contributed by atoms with van der Waals surface area (Å²) < 4.78 is 0. The van der Waals surface area contributed by atoms with Crippen molar-refractivity contribution in [3.63, 3.8) is 0 Å². The Morgan fingerprint density at radius 3 is 2.17 bits per heavy atom. The van der Waals surface area contributed by atoms with Crippen molar-refractivity contribution in [2.24, 2.45) is 0 Å². The SMILES string of the molecule is CCc1cccc(CC)c1NC(=O)N1CCCN1C(=O)CN1CC(=O)NC(=O)C1. The van der Waals surface area contributed by atoms with Gasteiger partial charge < -0.3 is 5.32 Å². The summed E-state index contributed by atoms with van der Waals surface area (Å²) >= 11 is 0. The number of para-hydroxylation sites is 1. The van der Waals surface area contributed by atoms with Gasteiger partial charge in [-0.25, -0.2) is 14.8 Å². The highest BCUT2D eigenvalue weighted by Gasteiger charge is 2.33. The van der Waals surface area contributed by atoms with Gasteiger partial charge >= 0.3 is 6.03 Å². The number of urea groups is 1. The van der Waals surface area contributed by atoms with Gasteiger partial charge in [0.1, 0.15) is 0 Å². The van der Waals surface area contributed by atoms with E-state index >= 15 is 0 Å². The Labute approximate surface area is 170 Å². The van der Waals surface area contributed by atoms with E-state index in [1.54, 1.807) is 0 Å². The molecule has 156 valence electrons. The molecular weight excluding hydrogens is 374 g/mol. The zero-order valence-corrected chi connectivity index (χ0v) is 16.9. The average molecular weight is 401 g/mol. The second kappa shape index (κ2) is 9.04. The quantitative estimate of drug-likeness (QED) is 0.709. The molecule has 2 fully saturated rings. The number of hydrogen-bond donors (Lipinski definition) is 2. The molecule has 3 rings (SSSR count). The molecule has 0 spiro atoms. The van der Waals surface area contributed by atoms with Crippen LogP contribution in [0.5, 0.6) is 0 Å². The number of hydrogen-bond acceptors (Lipinski definition) is 5. The first kappa shape index (κ1) is 20.8. The van der Waals surface area contributed by atoms with Crippen LogP contribution in [0, 0.1) is 0 Å². The molecule has 0 aliphatic carbocycles. The van der Waals surface area contributed by atoms with Crippen molar-refractivity contribution in [1.29, 1.82) is 0 Å². The summed E-state index contributed by atoms with van der Waals surface area (Å²) in [5.41, 5.74) is 2.90. The normalized spacial score (nSPS) is 17.4. The van der Waals surface area contributed by atoms with Crippen molar-refractivity contribution >= 4 is 29.4 Å². The number of rotatable bonds is 5. The first-order valence-electron chi connectivity index (χ1n) is 9.97. The van der Waals surface area contributed by atoms with E-state index < -0.39 is 11.8 Å². The largest absolute Gasteiger partial charge is 0.340 e. The molecule has 0 atom stereocenters. The van der Waals surface area contributed by atoms with Gasteiger partial charge in [0, 0.05) is 18.8 Å². The number of carbonyl (C=O) groups excluding carboxylic acids is 4. The predicted octanol–water partition coefficient (Wildman–Crippen LogP) is 0.751. The lowest BCUT2D eigenvalue weighted by Gasteiger charge is -2.31. The van der Waals surface area contributed by atoms with Gasteiger partial charge in [0.05, 0.1) is 19.6 Å². The van der Waals surface area contributed by atoms with Crippen LogP contribution < -0.4 is 10.6 Å². The molecule has 2 aliphatic heterocycles. The van der Waals surface area contributed by atoms with Crippen molar-refractivity contribution in [1.82, 2.24) is 20.2 Å². The first-order chi connectivity index (χ1) is 13.9. The molecule has 0 unspecified atom stereocenters. The molecule has 9 heteroatoms. The standard InChI is InChI=1S/C20H27N5O4/c1-3-14-7-5-8-15(4-2)19(14)22-20(29)25-10-6-9-24(25)18(28)13-23-11-16(26)21-17(27)12-23/h5,7-8H,3-4,6,9-13H2,1-2H3,(H,22,29)(H,21,26,27). The molecule has 0 aromatic heterocycles. The lowest BCUT2D eigenvalue weighted by molar-refractivity contribution is -0.143. The molecule has 0 bridgehead atoms. The van der Waals surface area contributed by atoms with E-state index in [0.717, 1.165) is 29.7 Å². The third-order valence-electron chi connectivity index (χ3n) is 5.16. The number of aryl methyl sites for hydroxylation is 2. The fourth-order valence-electron chi connectivity index (χ4n) is 3.74. The summed E-state index contributed by atoms with van der Waals surface area (Å²) in [6, 6.07) is 5.61. The Morgan fingerprint density at radius 1 is 1.00 bits per heavy atom. The lowest BCUT2D eigenvalue weighted by Crippen LogP contribution is -2.55. The molecule has 0 saturated carbocycles. The Hall–Kier alpha value is -2.94. The zero-order valence-electron chi connectivity index (χ0n) is 16.9. The summed E-state index contributed by atoms with van der Waals surface area (Å²) in [6.07, 6.45) is 2.25. The predicted molar refractivity (Wildman–Crippen MR) is 107 cm³/mol. The maximum absolute atomic E-state index is 13.0. The van der Waals surface area contributed by atoms with Crippen LogP contribution in [0.3, 0.4) is 0 Å². The van der Waals surface area contributed by atoms with Crippen molar-refractivity contribution in [3.05, 3.63) is 29.3 Å². The monoisotopic (exact) mass is 401 g/mol. The molecule has 2 saturated heterocycles. The molecule has 1 aromatic rings. The number of nitrogens with one attached hydrogen (secondary N) is 2. The van der Waals surface area contributed by atoms with E-state index in [1.807, 2.05) is 32.0 Å². The number of imide groups is 1. The maximum Gasteiger partial charge on any atom is 0.340 e. The molecule has 1 aromatic carbocycles. The minimum absolute atomic E-state index is 0.0126. The third-order valence-corrected chi connectivity index (χ3v) is 5.16. The summed E-state index contributed by atoms with van der Waals surface area (Å²) in [6.45, 7) is 4.82. The number of nitrogens with zero attached hydrogens (tertiary/aromatic N) is 3. The maximum atomic E-state index is 13.0. The smallest absolute Gasteiger partial charge is 0.306 e. The van der Waals surface area contributed by atoms with Crippen molar-refractivity contribution < 1.29 is 19.2 Å². The van der Waals surface area contributed by atoms with Crippen molar-refractivity contribution in [2.75, 3.05) is 38.0 Å². The molecule has 2 heterocycles. The first-order valence-corrected chi connectivity index (χ1v) is 9.97. The molecule has 2 aliphatic rings. The van der Waals surface area contributed by atoms with E-state index in [0.29, 0.717) is 19.5 Å². The molecule has 2 N–H and O–H groups in total. The molecule has 9 nitrogen and oxygen atoms in total. The number of piperazine rings is 1. The fourth-order valence-corrected chi connectivity index (χ4v) is 3.74. The number of carbonyl (C=O) groups is 4. The zero-order chi connectivity index (χ0) is 21.0. The van der Waals surface area contributed by atoms with Crippen LogP contribution in [0.15, 0.2) is 18.2 Å². The van der Waals surface area contributed by atoms with Gasteiger partial charge in [-0.2, -0.15) is 0 Å². The van der Waals surface area contributed by atoms with Gasteiger partial charge in [-0.1, -0.05) is 32.0 Å². The average Bonchev–Trinajstić information content (AvgIpc) is 3.17. The topological polar surface area (TPSA) is 102 Å². The second-order valence-electron chi connectivity index (χ2n) is 7.20. The van der Waals surface area contributed by atoms with Crippen LogP contribution in [0.2, 0.25) is 0 Å². The van der Waals surface area contributed by atoms with E-state index in [1.165, 1.54) is 14.9 Å². The number of anilines is 1. The van der Waals surface area contributed by atoms with Crippen LogP contribution in [0.25, 0.3) is 0 Å².